The molecule has 0 aliphatic heterocycles. The van der Waals surface area contributed by atoms with Crippen LogP contribution in [-0.4, -0.2) is 53.9 Å². The van der Waals surface area contributed by atoms with Crippen LogP contribution in [0.15, 0.2) is 42.5 Å². The smallest absolute Gasteiger partial charge is 0.244 e. The topological polar surface area (TPSA) is 148 Å². The van der Waals surface area contributed by atoms with E-state index < -0.39 is 11.9 Å². The second kappa shape index (κ2) is 11.9. The molecule has 0 unspecified atom stereocenters. The number of aliphatic carboxylic acids is 1. The summed E-state index contributed by atoms with van der Waals surface area (Å²) in [5, 5.41) is 22.0. The Morgan fingerprint density at radius 2 is 1.48 bits per heavy atom. The first-order valence-electron chi connectivity index (χ1n) is 9.70. The Bertz CT molecular complexity index is 946. The van der Waals surface area contributed by atoms with Crippen LogP contribution in [0.4, 0.5) is 11.6 Å². The SMILES string of the molecule is CC(=O)NCCNc1nc(-c2ccccc2)nc(NCCNC(=O)/C=C/C(=O)[O-])c1C. The van der Waals surface area contributed by atoms with E-state index >= 15 is 0 Å². The Balaban J connectivity index is 2.09. The quantitative estimate of drug-likeness (QED) is 0.287. The Labute approximate surface area is 180 Å². The number of carboxylic acids is 1. The number of carbonyl (C=O) groups excluding carboxylic acids is 3. The number of amides is 2. The third kappa shape index (κ3) is 8.13. The summed E-state index contributed by atoms with van der Waals surface area (Å²) in [4.78, 5) is 42.1. The summed E-state index contributed by atoms with van der Waals surface area (Å²) in [6, 6.07) is 9.50. The zero-order valence-corrected chi connectivity index (χ0v) is 17.4. The van der Waals surface area contributed by atoms with Gasteiger partial charge in [0.1, 0.15) is 11.6 Å². The molecule has 0 spiro atoms. The lowest BCUT2D eigenvalue weighted by molar-refractivity contribution is -0.297. The molecule has 4 N–H and O–H groups in total. The Kier molecular flexibility index (Phi) is 8.96. The average molecular weight is 425 g/mol. The third-order valence-electron chi connectivity index (χ3n) is 4.06. The van der Waals surface area contributed by atoms with Crippen LogP contribution in [-0.2, 0) is 14.4 Å². The number of anilines is 2. The number of benzene rings is 1. The molecule has 0 aliphatic carbocycles. The van der Waals surface area contributed by atoms with Gasteiger partial charge in [-0.15, -0.1) is 0 Å². The van der Waals surface area contributed by atoms with Gasteiger partial charge in [-0.1, -0.05) is 30.3 Å². The molecule has 10 heteroatoms. The normalized spacial score (nSPS) is 10.5. The van der Waals surface area contributed by atoms with Gasteiger partial charge in [0.2, 0.25) is 11.8 Å². The number of carbonyl (C=O) groups is 3. The van der Waals surface area contributed by atoms with Gasteiger partial charge < -0.3 is 31.2 Å². The molecule has 1 aromatic heterocycles. The molecule has 0 atom stereocenters. The molecule has 31 heavy (non-hydrogen) atoms. The molecule has 1 heterocycles. The fourth-order valence-corrected chi connectivity index (χ4v) is 2.57. The highest BCUT2D eigenvalue weighted by atomic mass is 16.4. The van der Waals surface area contributed by atoms with Crippen molar-refractivity contribution in [2.24, 2.45) is 0 Å². The van der Waals surface area contributed by atoms with Crippen LogP contribution < -0.4 is 26.4 Å². The van der Waals surface area contributed by atoms with Gasteiger partial charge in [-0.05, 0) is 13.0 Å². The van der Waals surface area contributed by atoms with Crippen LogP contribution >= 0.6 is 0 Å². The number of carboxylic acid groups (broad SMARTS) is 1. The van der Waals surface area contributed by atoms with E-state index in [4.69, 9.17) is 0 Å². The lowest BCUT2D eigenvalue weighted by Crippen LogP contribution is -2.28. The minimum atomic E-state index is -1.43. The van der Waals surface area contributed by atoms with Crippen molar-refractivity contribution in [1.29, 1.82) is 0 Å². The van der Waals surface area contributed by atoms with Crippen molar-refractivity contribution in [2.45, 2.75) is 13.8 Å². The summed E-state index contributed by atoms with van der Waals surface area (Å²) < 4.78 is 0. The number of nitrogens with zero attached hydrogens (tertiary/aromatic N) is 2. The maximum atomic E-state index is 11.5. The standard InChI is InChI=1S/C21H26N6O4/c1-14-19(24-12-10-22-15(2)28)26-21(16-6-4-3-5-7-16)27-20(14)25-13-11-23-17(29)8-9-18(30)31/h3-9H,10-13H2,1-2H3,(H,22,28)(H,23,29)(H,30,31)(H2,24,25,26,27)/p-1/b9-8+. The van der Waals surface area contributed by atoms with E-state index in [0.29, 0.717) is 43.2 Å². The maximum absolute atomic E-state index is 11.5. The highest BCUT2D eigenvalue weighted by Gasteiger charge is 2.12. The van der Waals surface area contributed by atoms with Gasteiger partial charge in [-0.2, -0.15) is 0 Å². The molecule has 0 saturated heterocycles. The molecule has 0 radical (unpaired) electrons. The van der Waals surface area contributed by atoms with Crippen molar-refractivity contribution >= 4 is 29.4 Å². The maximum Gasteiger partial charge on any atom is 0.244 e. The largest absolute Gasteiger partial charge is 0.545 e. The number of aromatic nitrogens is 2. The van der Waals surface area contributed by atoms with Crippen LogP contribution in [0, 0.1) is 6.92 Å². The number of hydrogen-bond donors (Lipinski definition) is 4. The number of rotatable bonds is 11. The van der Waals surface area contributed by atoms with Gasteiger partial charge in [-0.3, -0.25) is 9.59 Å². The first-order chi connectivity index (χ1) is 14.9. The number of hydrogen-bond acceptors (Lipinski definition) is 8. The Hall–Kier alpha value is -3.95. The molecule has 164 valence electrons. The zero-order valence-electron chi connectivity index (χ0n) is 17.4. The van der Waals surface area contributed by atoms with Crippen molar-refractivity contribution in [1.82, 2.24) is 20.6 Å². The van der Waals surface area contributed by atoms with E-state index in [2.05, 4.69) is 31.2 Å². The van der Waals surface area contributed by atoms with E-state index in [1.165, 1.54) is 6.92 Å². The molecule has 0 fully saturated rings. The Morgan fingerprint density at radius 3 is 2.03 bits per heavy atom. The molecular weight excluding hydrogens is 400 g/mol. The van der Waals surface area contributed by atoms with Crippen LogP contribution in [0.3, 0.4) is 0 Å². The lowest BCUT2D eigenvalue weighted by Gasteiger charge is -2.15. The van der Waals surface area contributed by atoms with Crippen LogP contribution in [0.5, 0.6) is 0 Å². The highest BCUT2D eigenvalue weighted by molar-refractivity contribution is 5.93. The summed E-state index contributed by atoms with van der Waals surface area (Å²) in [5.41, 5.74) is 1.63. The van der Waals surface area contributed by atoms with Gasteiger partial charge in [0, 0.05) is 50.3 Å². The van der Waals surface area contributed by atoms with Crippen molar-refractivity contribution in [2.75, 3.05) is 36.8 Å². The van der Waals surface area contributed by atoms with Gasteiger partial charge in [0.15, 0.2) is 5.82 Å². The fourth-order valence-electron chi connectivity index (χ4n) is 2.57. The van der Waals surface area contributed by atoms with Crippen molar-refractivity contribution in [3.05, 3.63) is 48.0 Å². The van der Waals surface area contributed by atoms with E-state index in [0.717, 1.165) is 17.2 Å². The molecule has 0 bridgehead atoms. The summed E-state index contributed by atoms with van der Waals surface area (Å²) in [6.07, 6.45) is 1.57. The summed E-state index contributed by atoms with van der Waals surface area (Å²) in [5.74, 6) is -0.327. The van der Waals surface area contributed by atoms with Crippen molar-refractivity contribution < 1.29 is 19.5 Å². The second-order valence-corrected chi connectivity index (χ2v) is 6.52. The molecule has 2 aromatic rings. The van der Waals surface area contributed by atoms with Gasteiger partial charge in [0.05, 0.1) is 5.97 Å². The minimum Gasteiger partial charge on any atom is -0.545 e. The zero-order chi connectivity index (χ0) is 22.6. The fraction of sp³-hybridized carbons (Fsp3) is 0.286. The van der Waals surface area contributed by atoms with Crippen LogP contribution in [0.25, 0.3) is 11.4 Å². The van der Waals surface area contributed by atoms with Crippen molar-refractivity contribution in [3.8, 4) is 11.4 Å². The predicted octanol–water partition coefficient (Wildman–Crippen LogP) is -0.166. The molecule has 1 aromatic carbocycles. The molecule has 0 aliphatic rings. The first kappa shape index (κ1) is 23.3. The van der Waals surface area contributed by atoms with Gasteiger partial charge in [0.25, 0.3) is 0 Å². The monoisotopic (exact) mass is 425 g/mol. The van der Waals surface area contributed by atoms with Gasteiger partial charge >= 0.3 is 0 Å². The predicted molar refractivity (Wildman–Crippen MR) is 115 cm³/mol. The Morgan fingerprint density at radius 1 is 0.903 bits per heavy atom. The van der Waals surface area contributed by atoms with Gasteiger partial charge in [-0.25, -0.2) is 9.97 Å². The lowest BCUT2D eigenvalue weighted by atomic mass is 10.2. The van der Waals surface area contributed by atoms with E-state index in [1.54, 1.807) is 0 Å². The van der Waals surface area contributed by atoms with Crippen molar-refractivity contribution in [3.63, 3.8) is 0 Å². The highest BCUT2D eigenvalue weighted by Crippen LogP contribution is 2.24. The summed E-state index contributed by atoms with van der Waals surface area (Å²) in [6.45, 7) is 4.88. The third-order valence-corrected chi connectivity index (χ3v) is 4.06. The molecule has 0 saturated carbocycles. The molecule has 2 amide bonds. The average Bonchev–Trinajstić information content (AvgIpc) is 2.75. The van der Waals surface area contributed by atoms with Crippen LogP contribution in [0.2, 0.25) is 0 Å². The first-order valence-corrected chi connectivity index (χ1v) is 9.70. The summed E-state index contributed by atoms with van der Waals surface area (Å²) >= 11 is 0. The molecule has 10 nitrogen and oxygen atoms in total. The van der Waals surface area contributed by atoms with Crippen LogP contribution in [0.1, 0.15) is 12.5 Å². The summed E-state index contributed by atoms with van der Waals surface area (Å²) in [7, 11) is 0. The molecular formula is C21H25N6O4-. The number of nitrogens with one attached hydrogen (secondary N) is 4. The van der Waals surface area contributed by atoms with E-state index in [-0.39, 0.29) is 12.5 Å². The minimum absolute atomic E-state index is 0.106. The molecule has 2 rings (SSSR count). The van der Waals surface area contributed by atoms with E-state index in [9.17, 15) is 19.5 Å². The van der Waals surface area contributed by atoms with E-state index in [1.807, 2.05) is 37.3 Å². The second-order valence-electron chi connectivity index (χ2n) is 6.52.